The molecule has 3 rings (SSSR count). The molecule has 0 aliphatic rings. The Morgan fingerprint density at radius 1 is 0.950 bits per heavy atom. The summed E-state index contributed by atoms with van der Waals surface area (Å²) in [5, 5.41) is 3.37. The van der Waals surface area contributed by atoms with E-state index < -0.39 is 0 Å². The minimum absolute atomic E-state index is 0.259. The van der Waals surface area contributed by atoms with Crippen LogP contribution in [0.1, 0.15) is 0 Å². The standard InChI is InChI=1S/C15H12N2O3/c1-20-11-8-6-10(7-9-11)17-15(19)13-5-3-2-4-12(13)14(18)16-17/h2-9H,1H3,(H,16,18). The average Bonchev–Trinajstić information content (AvgIpc) is 2.51. The summed E-state index contributed by atoms with van der Waals surface area (Å²) in [5.41, 5.74) is 0.0278. The summed E-state index contributed by atoms with van der Waals surface area (Å²) < 4.78 is 6.31. The molecule has 5 heteroatoms. The number of hydrogen-bond acceptors (Lipinski definition) is 3. The van der Waals surface area contributed by atoms with Gasteiger partial charge in [0.15, 0.2) is 0 Å². The normalized spacial score (nSPS) is 10.7. The Kier molecular flexibility index (Phi) is 2.87. The predicted octanol–water partition coefficient (Wildman–Crippen LogP) is 1.69. The second-order valence-electron chi connectivity index (χ2n) is 4.33. The topological polar surface area (TPSA) is 64.1 Å². The van der Waals surface area contributed by atoms with Crippen molar-refractivity contribution in [3.8, 4) is 11.4 Å². The van der Waals surface area contributed by atoms with Gasteiger partial charge in [-0.25, -0.2) is 4.68 Å². The predicted molar refractivity (Wildman–Crippen MR) is 76.7 cm³/mol. The molecule has 1 heterocycles. The Labute approximate surface area is 114 Å². The summed E-state index contributed by atoms with van der Waals surface area (Å²) in [6.45, 7) is 0. The molecular weight excluding hydrogens is 256 g/mol. The van der Waals surface area contributed by atoms with Crippen LogP contribution in [0, 0.1) is 0 Å². The van der Waals surface area contributed by atoms with Crippen molar-refractivity contribution < 1.29 is 4.74 Å². The molecule has 2 aromatic carbocycles. The molecule has 0 saturated carbocycles. The second-order valence-corrected chi connectivity index (χ2v) is 4.33. The third-order valence-corrected chi connectivity index (χ3v) is 3.15. The number of nitrogens with zero attached hydrogens (tertiary/aromatic N) is 1. The number of fused-ring (bicyclic) bond motifs is 1. The summed E-state index contributed by atoms with van der Waals surface area (Å²) in [5.74, 6) is 0.685. The molecule has 1 aromatic heterocycles. The minimum atomic E-state index is -0.295. The molecule has 0 bridgehead atoms. The van der Waals surface area contributed by atoms with Gasteiger partial charge in [0.05, 0.1) is 23.6 Å². The van der Waals surface area contributed by atoms with Crippen LogP contribution < -0.4 is 15.9 Å². The Hall–Kier alpha value is -2.82. The lowest BCUT2D eigenvalue weighted by molar-refractivity contribution is 0.414. The van der Waals surface area contributed by atoms with E-state index in [0.29, 0.717) is 22.2 Å². The van der Waals surface area contributed by atoms with Gasteiger partial charge < -0.3 is 4.74 Å². The summed E-state index contributed by atoms with van der Waals surface area (Å²) in [4.78, 5) is 24.4. The maximum absolute atomic E-state index is 12.4. The molecule has 0 fully saturated rings. The van der Waals surface area contributed by atoms with Crippen molar-refractivity contribution in [1.82, 2.24) is 9.78 Å². The molecule has 0 atom stereocenters. The molecule has 100 valence electrons. The lowest BCUT2D eigenvalue weighted by Crippen LogP contribution is -2.28. The van der Waals surface area contributed by atoms with E-state index in [1.54, 1.807) is 55.6 Å². The lowest BCUT2D eigenvalue weighted by atomic mass is 10.2. The molecule has 20 heavy (non-hydrogen) atoms. The number of H-pyrrole nitrogens is 1. The van der Waals surface area contributed by atoms with Crippen molar-refractivity contribution in [3.63, 3.8) is 0 Å². The van der Waals surface area contributed by atoms with Crippen LogP contribution in [0.4, 0.5) is 0 Å². The summed E-state index contributed by atoms with van der Waals surface area (Å²) in [6, 6.07) is 13.6. The fourth-order valence-corrected chi connectivity index (χ4v) is 2.11. The number of aromatic nitrogens is 2. The van der Waals surface area contributed by atoms with Crippen molar-refractivity contribution in [2.45, 2.75) is 0 Å². The second kappa shape index (κ2) is 4.70. The first-order chi connectivity index (χ1) is 9.70. The van der Waals surface area contributed by atoms with E-state index in [9.17, 15) is 9.59 Å². The number of hydrogen-bond donors (Lipinski definition) is 1. The third kappa shape index (κ3) is 1.89. The van der Waals surface area contributed by atoms with E-state index in [1.807, 2.05) is 0 Å². The first-order valence-electron chi connectivity index (χ1n) is 6.09. The third-order valence-electron chi connectivity index (χ3n) is 3.15. The number of rotatable bonds is 2. The first-order valence-corrected chi connectivity index (χ1v) is 6.09. The molecule has 0 saturated heterocycles. The number of benzene rings is 2. The summed E-state index contributed by atoms with van der Waals surface area (Å²) >= 11 is 0. The van der Waals surface area contributed by atoms with Gasteiger partial charge in [-0.15, -0.1) is 0 Å². The van der Waals surface area contributed by atoms with E-state index in [4.69, 9.17) is 4.74 Å². The van der Waals surface area contributed by atoms with Gasteiger partial charge in [-0.2, -0.15) is 0 Å². The average molecular weight is 268 g/mol. The number of aromatic amines is 1. The Balaban J connectivity index is 2.28. The highest BCUT2D eigenvalue weighted by Gasteiger charge is 2.07. The van der Waals surface area contributed by atoms with E-state index >= 15 is 0 Å². The quantitative estimate of drug-likeness (QED) is 0.769. The maximum atomic E-state index is 12.4. The molecule has 0 radical (unpaired) electrons. The fourth-order valence-electron chi connectivity index (χ4n) is 2.11. The van der Waals surface area contributed by atoms with Crippen LogP contribution in [0.2, 0.25) is 0 Å². The van der Waals surface area contributed by atoms with Gasteiger partial charge in [0, 0.05) is 0 Å². The molecule has 0 amide bonds. The van der Waals surface area contributed by atoms with Crippen LogP contribution in [-0.2, 0) is 0 Å². The van der Waals surface area contributed by atoms with Crippen molar-refractivity contribution in [1.29, 1.82) is 0 Å². The van der Waals surface area contributed by atoms with Crippen molar-refractivity contribution >= 4 is 10.8 Å². The van der Waals surface area contributed by atoms with Crippen molar-refractivity contribution in [3.05, 3.63) is 69.2 Å². The van der Waals surface area contributed by atoms with E-state index in [2.05, 4.69) is 5.10 Å². The molecule has 5 nitrogen and oxygen atoms in total. The molecular formula is C15H12N2O3. The summed E-state index contributed by atoms with van der Waals surface area (Å²) in [7, 11) is 1.57. The molecule has 3 aromatic rings. The first kappa shape index (κ1) is 12.2. The zero-order chi connectivity index (χ0) is 14.1. The SMILES string of the molecule is COc1ccc(-n2[nH]c(=O)c3ccccc3c2=O)cc1. The Morgan fingerprint density at radius 3 is 2.25 bits per heavy atom. The molecule has 0 spiro atoms. The summed E-state index contributed by atoms with van der Waals surface area (Å²) in [6.07, 6.45) is 0. The fraction of sp³-hybridized carbons (Fsp3) is 0.0667. The van der Waals surface area contributed by atoms with Gasteiger partial charge >= 0.3 is 0 Å². The lowest BCUT2D eigenvalue weighted by Gasteiger charge is -2.07. The monoisotopic (exact) mass is 268 g/mol. The molecule has 0 aliphatic heterocycles. The van der Waals surface area contributed by atoms with Crippen LogP contribution in [0.15, 0.2) is 58.1 Å². The van der Waals surface area contributed by atoms with Gasteiger partial charge in [-0.1, -0.05) is 12.1 Å². The highest BCUT2D eigenvalue weighted by molar-refractivity contribution is 5.80. The number of nitrogens with one attached hydrogen (secondary N) is 1. The maximum Gasteiger partial charge on any atom is 0.277 e. The van der Waals surface area contributed by atoms with E-state index in [0.717, 1.165) is 0 Å². The van der Waals surface area contributed by atoms with Crippen LogP contribution >= 0.6 is 0 Å². The highest BCUT2D eigenvalue weighted by atomic mass is 16.5. The Bertz CT molecular complexity index is 876. The molecule has 0 aliphatic carbocycles. The van der Waals surface area contributed by atoms with Crippen molar-refractivity contribution in [2.24, 2.45) is 0 Å². The number of ether oxygens (including phenoxy) is 1. The highest BCUT2D eigenvalue weighted by Crippen LogP contribution is 2.13. The molecule has 1 N–H and O–H groups in total. The minimum Gasteiger partial charge on any atom is -0.497 e. The van der Waals surface area contributed by atoms with Gasteiger partial charge in [0.25, 0.3) is 11.1 Å². The van der Waals surface area contributed by atoms with Crippen LogP contribution in [0.25, 0.3) is 16.5 Å². The molecule has 0 unspecified atom stereocenters. The number of methoxy groups -OCH3 is 1. The van der Waals surface area contributed by atoms with Gasteiger partial charge in [-0.05, 0) is 36.4 Å². The van der Waals surface area contributed by atoms with Gasteiger partial charge in [0.2, 0.25) is 0 Å². The van der Waals surface area contributed by atoms with Crippen LogP contribution in [0.5, 0.6) is 5.75 Å². The zero-order valence-corrected chi connectivity index (χ0v) is 10.8. The zero-order valence-electron chi connectivity index (χ0n) is 10.8. The van der Waals surface area contributed by atoms with Crippen molar-refractivity contribution in [2.75, 3.05) is 7.11 Å². The Morgan fingerprint density at radius 2 is 1.60 bits per heavy atom. The van der Waals surface area contributed by atoms with E-state index in [1.165, 1.54) is 4.68 Å². The van der Waals surface area contributed by atoms with Gasteiger partial charge in [-0.3, -0.25) is 14.7 Å². The van der Waals surface area contributed by atoms with Gasteiger partial charge in [0.1, 0.15) is 5.75 Å². The van der Waals surface area contributed by atoms with Crippen LogP contribution in [-0.4, -0.2) is 16.9 Å². The van der Waals surface area contributed by atoms with E-state index in [-0.39, 0.29) is 11.1 Å². The van der Waals surface area contributed by atoms with Crippen LogP contribution in [0.3, 0.4) is 0 Å². The smallest absolute Gasteiger partial charge is 0.277 e. The largest absolute Gasteiger partial charge is 0.497 e.